The molecule has 1 saturated heterocycles. The zero-order valence-electron chi connectivity index (χ0n) is 15.1. The first-order valence-corrected chi connectivity index (χ1v) is 9.40. The molecule has 2 aromatic carbocycles. The molecule has 138 valence electrons. The average Bonchev–Trinajstić information content (AvgIpc) is 2.73. The molecule has 0 bridgehead atoms. The van der Waals surface area contributed by atoms with Crippen molar-refractivity contribution in [3.8, 4) is 17.6 Å². The molecule has 1 aliphatic rings. The largest absolute Gasteiger partial charge is 0.497 e. The fraction of sp³-hybridized carbons (Fsp3) is 0.250. The number of hydrogen-bond donors (Lipinski definition) is 0. The van der Waals surface area contributed by atoms with Gasteiger partial charge >= 0.3 is 0 Å². The molecule has 1 amide bonds. The molecule has 0 atom stereocenters. The second-order valence-electron chi connectivity index (χ2n) is 5.78. The lowest BCUT2D eigenvalue weighted by atomic mass is 10.1. The first kappa shape index (κ1) is 18.8. The van der Waals surface area contributed by atoms with Crippen LogP contribution in [-0.4, -0.2) is 42.5 Å². The van der Waals surface area contributed by atoms with E-state index < -0.39 is 0 Å². The third-order valence-corrected chi connectivity index (χ3v) is 5.14. The van der Waals surface area contributed by atoms with Gasteiger partial charge in [0.15, 0.2) is 5.17 Å². The van der Waals surface area contributed by atoms with Crippen LogP contribution >= 0.6 is 11.8 Å². The molecule has 0 radical (unpaired) electrons. The van der Waals surface area contributed by atoms with E-state index in [9.17, 15) is 4.79 Å². The monoisotopic (exact) mass is 381 g/mol. The Hall–Kier alpha value is -2.98. The highest BCUT2D eigenvalue weighted by Crippen LogP contribution is 2.34. The molecular weight excluding hydrogens is 362 g/mol. The van der Waals surface area contributed by atoms with Crippen LogP contribution in [-0.2, 0) is 0 Å². The van der Waals surface area contributed by atoms with Gasteiger partial charge in [0.05, 0.1) is 25.9 Å². The first-order valence-electron chi connectivity index (χ1n) is 8.42. The molecular formula is C20H19N3O3S. The molecule has 27 heavy (non-hydrogen) atoms. The van der Waals surface area contributed by atoms with Crippen molar-refractivity contribution in [2.24, 2.45) is 4.99 Å². The van der Waals surface area contributed by atoms with Crippen LogP contribution in [0.5, 0.6) is 11.5 Å². The summed E-state index contributed by atoms with van der Waals surface area (Å²) in [6.45, 7) is 0.577. The highest BCUT2D eigenvalue weighted by molar-refractivity contribution is 8.13. The van der Waals surface area contributed by atoms with E-state index in [1.807, 2.05) is 0 Å². The Morgan fingerprint density at radius 1 is 1.22 bits per heavy atom. The van der Waals surface area contributed by atoms with Crippen LogP contribution in [0.3, 0.4) is 0 Å². The van der Waals surface area contributed by atoms with Gasteiger partial charge < -0.3 is 9.47 Å². The Bertz CT molecular complexity index is 921. The maximum Gasteiger partial charge on any atom is 0.259 e. The molecule has 7 heteroatoms. The van der Waals surface area contributed by atoms with Crippen molar-refractivity contribution >= 4 is 28.5 Å². The zero-order chi connectivity index (χ0) is 19.2. The van der Waals surface area contributed by atoms with Crippen LogP contribution in [0, 0.1) is 11.3 Å². The summed E-state index contributed by atoms with van der Waals surface area (Å²) in [7, 11) is 3.17. The number of hydrogen-bond acceptors (Lipinski definition) is 6. The Kier molecular flexibility index (Phi) is 5.99. The van der Waals surface area contributed by atoms with E-state index in [-0.39, 0.29) is 5.91 Å². The normalized spacial score (nSPS) is 15.3. The van der Waals surface area contributed by atoms with Gasteiger partial charge in [0.2, 0.25) is 0 Å². The number of carbonyl (C=O) groups is 1. The molecule has 1 heterocycles. The van der Waals surface area contributed by atoms with Crippen LogP contribution in [0.4, 0.5) is 5.69 Å². The number of ether oxygens (including phenoxy) is 2. The number of rotatable bonds is 4. The molecule has 2 aromatic rings. The SMILES string of the molecule is COc1ccc(OC)c(N=C2SCCCN2C(=O)c2cccc(C#N)c2)c1. The van der Waals surface area contributed by atoms with Crippen molar-refractivity contribution in [2.45, 2.75) is 6.42 Å². The molecule has 0 spiro atoms. The number of methoxy groups -OCH3 is 2. The minimum absolute atomic E-state index is 0.167. The van der Waals surface area contributed by atoms with E-state index in [0.717, 1.165) is 12.2 Å². The number of carbonyl (C=O) groups excluding carboxylic acids is 1. The van der Waals surface area contributed by atoms with Gasteiger partial charge in [0.25, 0.3) is 5.91 Å². The maximum absolute atomic E-state index is 13.0. The topological polar surface area (TPSA) is 74.9 Å². The van der Waals surface area contributed by atoms with Gasteiger partial charge in [0.1, 0.15) is 17.2 Å². The number of aliphatic imine (C=N–C) groups is 1. The van der Waals surface area contributed by atoms with Crippen molar-refractivity contribution in [2.75, 3.05) is 26.5 Å². The smallest absolute Gasteiger partial charge is 0.259 e. The summed E-state index contributed by atoms with van der Waals surface area (Å²) < 4.78 is 10.7. The lowest BCUT2D eigenvalue weighted by Gasteiger charge is -2.28. The van der Waals surface area contributed by atoms with Gasteiger partial charge in [-0.25, -0.2) is 4.99 Å². The van der Waals surface area contributed by atoms with Crippen LogP contribution in [0.25, 0.3) is 0 Å². The maximum atomic E-state index is 13.0. The van der Waals surface area contributed by atoms with Gasteiger partial charge in [-0.05, 0) is 36.8 Å². The highest BCUT2D eigenvalue weighted by atomic mass is 32.2. The summed E-state index contributed by atoms with van der Waals surface area (Å²) in [4.78, 5) is 19.4. The minimum Gasteiger partial charge on any atom is -0.497 e. The zero-order valence-corrected chi connectivity index (χ0v) is 16.0. The Balaban J connectivity index is 1.97. The van der Waals surface area contributed by atoms with Crippen molar-refractivity contribution in [1.29, 1.82) is 5.26 Å². The van der Waals surface area contributed by atoms with Gasteiger partial charge in [-0.3, -0.25) is 9.69 Å². The number of amides is 1. The fourth-order valence-corrected chi connectivity index (χ4v) is 3.65. The van der Waals surface area contributed by atoms with Gasteiger partial charge in [-0.15, -0.1) is 0 Å². The second kappa shape index (κ2) is 8.60. The average molecular weight is 381 g/mol. The van der Waals surface area contributed by atoms with Crippen LogP contribution in [0.2, 0.25) is 0 Å². The van der Waals surface area contributed by atoms with Crippen LogP contribution in [0.15, 0.2) is 47.5 Å². The molecule has 0 aliphatic carbocycles. The molecule has 6 nitrogen and oxygen atoms in total. The Labute approximate surface area is 162 Å². The van der Waals surface area contributed by atoms with E-state index in [4.69, 9.17) is 14.7 Å². The molecule has 1 aliphatic heterocycles. The Morgan fingerprint density at radius 2 is 2.07 bits per heavy atom. The molecule has 3 rings (SSSR count). The van der Waals surface area contributed by atoms with Crippen molar-refractivity contribution in [3.05, 3.63) is 53.6 Å². The lowest BCUT2D eigenvalue weighted by Crippen LogP contribution is -2.39. The third-order valence-electron chi connectivity index (χ3n) is 4.07. The number of benzene rings is 2. The summed E-state index contributed by atoms with van der Waals surface area (Å²) in [6.07, 6.45) is 0.878. The van der Waals surface area contributed by atoms with Crippen molar-refractivity contribution in [1.82, 2.24) is 4.90 Å². The van der Waals surface area contributed by atoms with E-state index in [1.54, 1.807) is 61.6 Å². The third kappa shape index (κ3) is 4.23. The molecule has 0 saturated carbocycles. The fourth-order valence-electron chi connectivity index (χ4n) is 2.71. The van der Waals surface area contributed by atoms with Crippen molar-refractivity contribution in [3.63, 3.8) is 0 Å². The molecule has 0 N–H and O–H groups in total. The number of nitrogens with zero attached hydrogens (tertiary/aromatic N) is 3. The summed E-state index contributed by atoms with van der Waals surface area (Å²) in [5.74, 6) is 1.98. The highest BCUT2D eigenvalue weighted by Gasteiger charge is 2.25. The van der Waals surface area contributed by atoms with Crippen molar-refractivity contribution < 1.29 is 14.3 Å². The van der Waals surface area contributed by atoms with E-state index in [2.05, 4.69) is 11.1 Å². The van der Waals surface area contributed by atoms with Crippen LogP contribution < -0.4 is 9.47 Å². The minimum atomic E-state index is -0.167. The summed E-state index contributed by atoms with van der Waals surface area (Å²) in [5, 5.41) is 9.69. The quantitative estimate of drug-likeness (QED) is 0.804. The summed E-state index contributed by atoms with van der Waals surface area (Å²) in [6, 6.07) is 14.1. The van der Waals surface area contributed by atoms with Gasteiger partial charge in [0, 0.05) is 23.9 Å². The first-order chi connectivity index (χ1) is 13.2. The number of amidine groups is 1. The standard InChI is InChI=1S/C20H19N3O3S/c1-25-16-7-8-18(26-2)17(12-16)22-20-23(9-4-10-27-20)19(24)15-6-3-5-14(11-15)13-21/h3,5-8,11-12H,4,9-10H2,1-2H3. The summed E-state index contributed by atoms with van der Waals surface area (Å²) in [5.41, 5.74) is 1.53. The van der Waals surface area contributed by atoms with E-state index in [1.165, 1.54) is 11.8 Å². The number of thioether (sulfide) groups is 1. The number of nitriles is 1. The molecule has 1 fully saturated rings. The van der Waals surface area contributed by atoms with E-state index in [0.29, 0.717) is 40.0 Å². The molecule has 0 unspecified atom stereocenters. The summed E-state index contributed by atoms with van der Waals surface area (Å²) >= 11 is 1.53. The predicted molar refractivity (Wildman–Crippen MR) is 106 cm³/mol. The van der Waals surface area contributed by atoms with Gasteiger partial charge in [-0.1, -0.05) is 17.8 Å². The van der Waals surface area contributed by atoms with Gasteiger partial charge in [-0.2, -0.15) is 5.26 Å². The second-order valence-corrected chi connectivity index (χ2v) is 6.85. The molecule has 0 aromatic heterocycles. The van der Waals surface area contributed by atoms with E-state index >= 15 is 0 Å². The lowest BCUT2D eigenvalue weighted by molar-refractivity contribution is 0.0849. The predicted octanol–water partition coefficient (Wildman–Crippen LogP) is 3.84. The Morgan fingerprint density at radius 3 is 2.81 bits per heavy atom. The van der Waals surface area contributed by atoms with Crippen LogP contribution in [0.1, 0.15) is 22.3 Å².